The quantitative estimate of drug-likeness (QED) is 0.577. The molecule has 1 aliphatic carbocycles. The van der Waals surface area contributed by atoms with E-state index in [0.29, 0.717) is 12.0 Å². The predicted molar refractivity (Wildman–Crippen MR) is 81.9 cm³/mol. The van der Waals surface area contributed by atoms with Gasteiger partial charge in [0.1, 0.15) is 6.10 Å². The fraction of sp³-hybridized carbons (Fsp3) is 0.647. The summed E-state index contributed by atoms with van der Waals surface area (Å²) in [6.07, 6.45) is 3.30. The summed E-state index contributed by atoms with van der Waals surface area (Å²) in [5, 5.41) is 0. The van der Waals surface area contributed by atoms with Crippen LogP contribution in [0.15, 0.2) is 23.3 Å². The van der Waals surface area contributed by atoms with Crippen LogP contribution >= 0.6 is 0 Å². The molecule has 0 spiro atoms. The Bertz CT molecular complexity index is 495. The van der Waals surface area contributed by atoms with E-state index >= 15 is 0 Å². The summed E-state index contributed by atoms with van der Waals surface area (Å²) < 4.78 is 11.1. The molecule has 0 radical (unpaired) electrons. The van der Waals surface area contributed by atoms with Crippen LogP contribution in [0, 0.1) is 5.41 Å². The molecule has 0 N–H and O–H groups in total. The lowest BCUT2D eigenvalue weighted by Crippen LogP contribution is -2.43. The number of hydrogen-bond acceptors (Lipinski definition) is 4. The van der Waals surface area contributed by atoms with Crippen molar-refractivity contribution in [2.24, 2.45) is 5.41 Å². The first-order chi connectivity index (χ1) is 9.50. The van der Waals surface area contributed by atoms with Crippen molar-refractivity contribution in [2.45, 2.75) is 59.9 Å². The molecule has 0 heterocycles. The van der Waals surface area contributed by atoms with Gasteiger partial charge < -0.3 is 9.47 Å². The van der Waals surface area contributed by atoms with E-state index in [4.69, 9.17) is 9.47 Å². The van der Waals surface area contributed by atoms with Crippen molar-refractivity contribution in [1.82, 2.24) is 0 Å². The lowest BCUT2D eigenvalue weighted by Gasteiger charge is -2.39. The Labute approximate surface area is 127 Å². The number of methoxy groups -OCH3 is 1. The highest BCUT2D eigenvalue weighted by molar-refractivity contribution is 6.01. The number of ketones is 2. The zero-order valence-electron chi connectivity index (χ0n) is 14.1. The van der Waals surface area contributed by atoms with Gasteiger partial charge in [0.15, 0.2) is 17.4 Å². The topological polar surface area (TPSA) is 52.6 Å². The molecule has 118 valence electrons. The van der Waals surface area contributed by atoms with E-state index < -0.39 is 11.9 Å². The highest BCUT2D eigenvalue weighted by Gasteiger charge is 2.40. The van der Waals surface area contributed by atoms with Gasteiger partial charge >= 0.3 is 0 Å². The number of carbonyl (C=O) groups excluding carboxylic acids is 2. The number of carbonyl (C=O) groups is 2. The van der Waals surface area contributed by atoms with E-state index in [0.717, 1.165) is 5.57 Å². The Hall–Kier alpha value is -1.26. The van der Waals surface area contributed by atoms with E-state index in [1.54, 1.807) is 34.0 Å². The van der Waals surface area contributed by atoms with Gasteiger partial charge in [0, 0.05) is 7.11 Å². The lowest BCUT2D eigenvalue weighted by atomic mass is 9.71. The average molecular weight is 294 g/mol. The average Bonchev–Trinajstić information content (AvgIpc) is 2.34. The zero-order chi connectivity index (χ0) is 16.4. The highest BCUT2D eigenvalue weighted by atomic mass is 16.7. The second-order valence-corrected chi connectivity index (χ2v) is 6.65. The Morgan fingerprint density at radius 3 is 2.43 bits per heavy atom. The molecular weight excluding hydrogens is 268 g/mol. The molecule has 0 fully saturated rings. The first kappa shape index (κ1) is 17.8. The van der Waals surface area contributed by atoms with Crippen LogP contribution in [0.4, 0.5) is 0 Å². The molecule has 0 aromatic heterocycles. The number of hydrogen-bond donors (Lipinski definition) is 0. The van der Waals surface area contributed by atoms with Crippen molar-refractivity contribution < 1.29 is 19.1 Å². The third kappa shape index (κ3) is 4.35. The van der Waals surface area contributed by atoms with Gasteiger partial charge in [0.05, 0.1) is 0 Å². The van der Waals surface area contributed by atoms with Gasteiger partial charge in [0.25, 0.3) is 0 Å². The van der Waals surface area contributed by atoms with E-state index in [1.165, 1.54) is 13.0 Å². The van der Waals surface area contributed by atoms with Crippen molar-refractivity contribution in [3.05, 3.63) is 23.3 Å². The molecule has 0 aliphatic heterocycles. The van der Waals surface area contributed by atoms with Crippen LogP contribution in [-0.2, 0) is 19.1 Å². The summed E-state index contributed by atoms with van der Waals surface area (Å²) in [5.41, 5.74) is 1.32. The van der Waals surface area contributed by atoms with Crippen molar-refractivity contribution in [3.8, 4) is 0 Å². The molecule has 1 rings (SSSR count). The van der Waals surface area contributed by atoms with Crippen molar-refractivity contribution in [1.29, 1.82) is 0 Å². The molecule has 0 saturated carbocycles. The number of allylic oxidation sites excluding steroid dienone is 3. The summed E-state index contributed by atoms with van der Waals surface area (Å²) in [5.74, 6) is -0.872. The van der Waals surface area contributed by atoms with Gasteiger partial charge in [-0.15, -0.1) is 0 Å². The van der Waals surface area contributed by atoms with Gasteiger partial charge in [0.2, 0.25) is 0 Å². The molecule has 0 aromatic rings. The minimum atomic E-state index is -0.802. The van der Waals surface area contributed by atoms with Crippen LogP contribution in [0.2, 0.25) is 0 Å². The van der Waals surface area contributed by atoms with Gasteiger partial charge in [-0.3, -0.25) is 9.59 Å². The molecule has 0 saturated heterocycles. The lowest BCUT2D eigenvalue weighted by molar-refractivity contribution is -0.225. The zero-order valence-corrected chi connectivity index (χ0v) is 14.1. The normalized spacial score (nSPS) is 23.0. The molecule has 0 bridgehead atoms. The third-order valence-corrected chi connectivity index (χ3v) is 3.89. The molecule has 1 unspecified atom stereocenters. The van der Waals surface area contributed by atoms with Crippen molar-refractivity contribution in [3.63, 3.8) is 0 Å². The largest absolute Gasteiger partial charge is 0.354 e. The van der Waals surface area contributed by atoms with Crippen LogP contribution in [0.25, 0.3) is 0 Å². The summed E-state index contributed by atoms with van der Waals surface area (Å²) >= 11 is 0. The van der Waals surface area contributed by atoms with E-state index in [1.807, 2.05) is 0 Å². The molecule has 21 heavy (non-hydrogen) atoms. The monoisotopic (exact) mass is 294 g/mol. The maximum Gasteiger partial charge on any atom is 0.187 e. The predicted octanol–water partition coefficient (Wildman–Crippen LogP) is 3.21. The summed E-state index contributed by atoms with van der Waals surface area (Å²) in [4.78, 5) is 23.6. The minimum Gasteiger partial charge on any atom is -0.354 e. The molecule has 1 aliphatic rings. The molecule has 4 nitrogen and oxygen atoms in total. The SMILES string of the molecule is COC(C)(C)OC1CC(C)(C)C(/C=C/C(C)=O)=C(C)C1=O. The number of Topliss-reactive ketones (excluding diaryl/α,β-unsaturated/α-hetero) is 1. The van der Waals surface area contributed by atoms with Crippen LogP contribution < -0.4 is 0 Å². The maximum absolute atomic E-state index is 12.5. The molecule has 1 atom stereocenters. The Kier molecular flexibility index (Phi) is 5.29. The van der Waals surface area contributed by atoms with E-state index in [-0.39, 0.29) is 17.0 Å². The molecule has 0 aromatic carbocycles. The van der Waals surface area contributed by atoms with Gasteiger partial charge in [-0.05, 0) is 56.8 Å². The van der Waals surface area contributed by atoms with Crippen LogP contribution in [0.3, 0.4) is 0 Å². The fourth-order valence-electron chi connectivity index (χ4n) is 2.59. The second-order valence-electron chi connectivity index (χ2n) is 6.65. The maximum atomic E-state index is 12.5. The summed E-state index contributed by atoms with van der Waals surface area (Å²) in [6.45, 7) is 11.0. The third-order valence-electron chi connectivity index (χ3n) is 3.89. The number of ether oxygens (including phenoxy) is 2. The summed E-state index contributed by atoms with van der Waals surface area (Å²) in [7, 11) is 1.56. The minimum absolute atomic E-state index is 0.0301. The van der Waals surface area contributed by atoms with Crippen LogP contribution in [0.5, 0.6) is 0 Å². The smallest absolute Gasteiger partial charge is 0.187 e. The van der Waals surface area contributed by atoms with Crippen molar-refractivity contribution in [2.75, 3.05) is 7.11 Å². The fourth-order valence-corrected chi connectivity index (χ4v) is 2.59. The first-order valence-electron chi connectivity index (χ1n) is 7.17. The Morgan fingerprint density at radius 1 is 1.38 bits per heavy atom. The van der Waals surface area contributed by atoms with Gasteiger partial charge in [-0.1, -0.05) is 19.9 Å². The Morgan fingerprint density at radius 2 is 1.95 bits per heavy atom. The molecule has 4 heteroatoms. The second kappa shape index (κ2) is 6.24. The first-order valence-corrected chi connectivity index (χ1v) is 7.17. The Balaban J connectivity index is 3.13. The van der Waals surface area contributed by atoms with E-state index in [2.05, 4.69) is 13.8 Å². The van der Waals surface area contributed by atoms with Crippen molar-refractivity contribution >= 4 is 11.6 Å². The van der Waals surface area contributed by atoms with Crippen LogP contribution in [0.1, 0.15) is 48.0 Å². The van der Waals surface area contributed by atoms with Gasteiger partial charge in [-0.2, -0.15) is 0 Å². The number of rotatable bonds is 5. The van der Waals surface area contributed by atoms with E-state index in [9.17, 15) is 9.59 Å². The standard InChI is InChI=1S/C17H26O4/c1-11(18)8-9-13-12(2)15(19)14(10-16(13,3)4)21-17(5,6)20-7/h8-9,14H,10H2,1-7H3/b9-8+. The molecule has 0 amide bonds. The molecular formula is C17H26O4. The highest BCUT2D eigenvalue weighted by Crippen LogP contribution is 2.41. The van der Waals surface area contributed by atoms with Crippen LogP contribution in [-0.4, -0.2) is 30.6 Å². The summed E-state index contributed by atoms with van der Waals surface area (Å²) in [6, 6.07) is 0. The van der Waals surface area contributed by atoms with Gasteiger partial charge in [-0.25, -0.2) is 0 Å².